The molecule has 4 heteroatoms. The van der Waals surface area contributed by atoms with E-state index in [2.05, 4.69) is 0 Å². The average Bonchev–Trinajstić information content (AvgIpc) is 1.99. The van der Waals surface area contributed by atoms with Gasteiger partial charge in [0, 0.05) is 0 Å². The highest BCUT2D eigenvalue weighted by molar-refractivity contribution is 14.1. The summed E-state index contributed by atoms with van der Waals surface area (Å²) in [6.07, 6.45) is -0.479. The van der Waals surface area contributed by atoms with Gasteiger partial charge in [-0.05, 0) is 69.8 Å². The van der Waals surface area contributed by atoms with Crippen LogP contribution in [0.15, 0.2) is 12.1 Å². The fourth-order valence-corrected chi connectivity index (χ4v) is 2.64. The van der Waals surface area contributed by atoms with Gasteiger partial charge < -0.3 is 10.2 Å². The Balaban J connectivity index is 3.21. The quantitative estimate of drug-likeness (QED) is 0.725. The maximum atomic E-state index is 9.42. The number of aliphatic hydroxyl groups excluding tert-OH is 1. The monoisotopic (exact) mass is 390 g/mol. The Bertz CT molecular complexity index is 274. The fourth-order valence-electron chi connectivity index (χ4n) is 0.826. The summed E-state index contributed by atoms with van der Waals surface area (Å²) in [6, 6.07) is 3.56. The van der Waals surface area contributed by atoms with Crippen LogP contribution in [0.4, 0.5) is 0 Å². The third-order valence-corrected chi connectivity index (χ3v) is 3.17. The van der Waals surface area contributed by atoms with Crippen LogP contribution in [0.1, 0.15) is 18.6 Å². The lowest BCUT2D eigenvalue weighted by Gasteiger charge is -2.07. The van der Waals surface area contributed by atoms with Crippen molar-refractivity contribution in [3.8, 4) is 5.75 Å². The summed E-state index contributed by atoms with van der Waals surface area (Å²) in [5.74, 6) is 0.292. The molecule has 0 fully saturated rings. The second-order valence-corrected chi connectivity index (χ2v) is 4.83. The van der Waals surface area contributed by atoms with Crippen LogP contribution in [0.25, 0.3) is 0 Å². The lowest BCUT2D eigenvalue weighted by atomic mass is 10.1. The summed E-state index contributed by atoms with van der Waals surface area (Å²) in [5.41, 5.74) is 0.835. The van der Waals surface area contributed by atoms with Crippen molar-refractivity contribution in [2.45, 2.75) is 13.0 Å². The third-order valence-electron chi connectivity index (χ3n) is 1.52. The zero-order chi connectivity index (χ0) is 9.30. The van der Waals surface area contributed by atoms with Crippen molar-refractivity contribution in [1.29, 1.82) is 0 Å². The minimum atomic E-state index is -0.479. The van der Waals surface area contributed by atoms with E-state index in [1.165, 1.54) is 0 Å². The molecule has 0 saturated carbocycles. The maximum Gasteiger partial charge on any atom is 0.142 e. The van der Waals surface area contributed by atoms with Crippen LogP contribution in [0, 0.1) is 7.14 Å². The molecule has 0 aliphatic carbocycles. The van der Waals surface area contributed by atoms with Crippen molar-refractivity contribution >= 4 is 45.2 Å². The van der Waals surface area contributed by atoms with E-state index in [1.54, 1.807) is 19.1 Å². The number of hydrogen-bond donors (Lipinski definition) is 2. The molecule has 0 aliphatic rings. The summed E-state index contributed by atoms with van der Waals surface area (Å²) in [7, 11) is 0. The molecule has 1 unspecified atom stereocenters. The number of halogens is 2. The first-order valence-electron chi connectivity index (χ1n) is 3.38. The number of benzene rings is 1. The number of aromatic hydroxyl groups is 1. The van der Waals surface area contributed by atoms with Crippen molar-refractivity contribution in [1.82, 2.24) is 0 Å². The Kier molecular flexibility index (Phi) is 3.59. The van der Waals surface area contributed by atoms with Crippen LogP contribution in [0.2, 0.25) is 0 Å². The fraction of sp³-hybridized carbons (Fsp3) is 0.250. The summed E-state index contributed by atoms with van der Waals surface area (Å²) >= 11 is 4.09. The number of hydrogen-bond acceptors (Lipinski definition) is 2. The first kappa shape index (κ1) is 10.5. The zero-order valence-corrected chi connectivity index (χ0v) is 10.7. The van der Waals surface area contributed by atoms with Gasteiger partial charge in [0.2, 0.25) is 0 Å². The van der Waals surface area contributed by atoms with E-state index in [4.69, 9.17) is 0 Å². The predicted octanol–water partition coefficient (Wildman–Crippen LogP) is 2.65. The normalized spacial score (nSPS) is 13.0. The summed E-state index contributed by atoms with van der Waals surface area (Å²) in [4.78, 5) is 0. The Morgan fingerprint density at radius 2 is 1.67 bits per heavy atom. The van der Waals surface area contributed by atoms with Gasteiger partial charge in [-0.2, -0.15) is 0 Å². The van der Waals surface area contributed by atoms with Crippen molar-refractivity contribution in [3.63, 3.8) is 0 Å². The number of phenolic OH excluding ortho intramolecular Hbond substituents is 1. The van der Waals surface area contributed by atoms with Crippen LogP contribution in [0.5, 0.6) is 5.75 Å². The number of phenols is 1. The smallest absolute Gasteiger partial charge is 0.142 e. The van der Waals surface area contributed by atoms with Crippen LogP contribution in [-0.2, 0) is 0 Å². The minimum Gasteiger partial charge on any atom is -0.506 e. The Hall–Kier alpha value is 0.440. The third kappa shape index (κ3) is 2.23. The van der Waals surface area contributed by atoms with Crippen molar-refractivity contribution < 1.29 is 10.2 Å². The highest BCUT2D eigenvalue weighted by atomic mass is 127. The van der Waals surface area contributed by atoms with E-state index in [1.807, 2.05) is 45.2 Å². The summed E-state index contributed by atoms with van der Waals surface area (Å²) in [5, 5.41) is 18.7. The van der Waals surface area contributed by atoms with E-state index in [0.29, 0.717) is 5.75 Å². The van der Waals surface area contributed by atoms with Gasteiger partial charge in [-0.1, -0.05) is 0 Å². The van der Waals surface area contributed by atoms with Gasteiger partial charge in [-0.15, -0.1) is 0 Å². The van der Waals surface area contributed by atoms with E-state index >= 15 is 0 Å². The summed E-state index contributed by atoms with van der Waals surface area (Å²) < 4.78 is 1.55. The van der Waals surface area contributed by atoms with Gasteiger partial charge in [0.1, 0.15) is 5.75 Å². The molecule has 0 heterocycles. The molecule has 2 N–H and O–H groups in total. The second-order valence-electron chi connectivity index (χ2n) is 2.51. The van der Waals surface area contributed by atoms with Crippen molar-refractivity contribution in [3.05, 3.63) is 24.8 Å². The predicted molar refractivity (Wildman–Crippen MR) is 64.2 cm³/mol. The molecule has 0 aromatic heterocycles. The average molecular weight is 390 g/mol. The van der Waals surface area contributed by atoms with E-state index in [9.17, 15) is 10.2 Å². The SMILES string of the molecule is CC(O)c1cc(I)c(O)c(I)c1. The molecule has 0 spiro atoms. The van der Waals surface area contributed by atoms with Gasteiger partial charge >= 0.3 is 0 Å². The standard InChI is InChI=1S/C8H8I2O2/c1-4(11)5-2-6(9)8(12)7(10)3-5/h2-4,11-12H,1H3. The molecule has 1 aromatic rings. The molecule has 1 rings (SSSR count). The summed E-state index contributed by atoms with van der Waals surface area (Å²) in [6.45, 7) is 1.71. The molecular weight excluding hydrogens is 382 g/mol. The van der Waals surface area contributed by atoms with Crippen LogP contribution in [0.3, 0.4) is 0 Å². The van der Waals surface area contributed by atoms with Gasteiger partial charge in [0.25, 0.3) is 0 Å². The first-order valence-corrected chi connectivity index (χ1v) is 5.54. The molecule has 2 nitrogen and oxygen atoms in total. The second kappa shape index (κ2) is 4.10. The Morgan fingerprint density at radius 1 is 1.25 bits per heavy atom. The van der Waals surface area contributed by atoms with Gasteiger partial charge in [0.05, 0.1) is 13.2 Å². The first-order chi connectivity index (χ1) is 5.52. The van der Waals surface area contributed by atoms with Crippen LogP contribution < -0.4 is 0 Å². The van der Waals surface area contributed by atoms with Crippen LogP contribution in [-0.4, -0.2) is 10.2 Å². The molecule has 0 aliphatic heterocycles. The van der Waals surface area contributed by atoms with E-state index < -0.39 is 6.10 Å². The topological polar surface area (TPSA) is 40.5 Å². The molecule has 0 radical (unpaired) electrons. The van der Waals surface area contributed by atoms with Gasteiger partial charge in [-0.25, -0.2) is 0 Å². The highest BCUT2D eigenvalue weighted by Gasteiger charge is 2.08. The van der Waals surface area contributed by atoms with E-state index in [-0.39, 0.29) is 0 Å². The van der Waals surface area contributed by atoms with Gasteiger partial charge in [-0.3, -0.25) is 0 Å². The number of aliphatic hydroxyl groups is 1. The molecule has 0 amide bonds. The lowest BCUT2D eigenvalue weighted by Crippen LogP contribution is -1.93. The molecule has 0 bridgehead atoms. The Morgan fingerprint density at radius 3 is 2.00 bits per heavy atom. The zero-order valence-electron chi connectivity index (χ0n) is 6.38. The van der Waals surface area contributed by atoms with Crippen molar-refractivity contribution in [2.75, 3.05) is 0 Å². The maximum absolute atomic E-state index is 9.42. The molecule has 12 heavy (non-hydrogen) atoms. The molecule has 66 valence electrons. The largest absolute Gasteiger partial charge is 0.506 e. The highest BCUT2D eigenvalue weighted by Crippen LogP contribution is 2.29. The Labute approximate surface area is 98.3 Å². The molecule has 1 aromatic carbocycles. The van der Waals surface area contributed by atoms with Gasteiger partial charge in [0.15, 0.2) is 0 Å². The lowest BCUT2D eigenvalue weighted by molar-refractivity contribution is 0.199. The molecule has 1 atom stereocenters. The molecular formula is C8H8I2O2. The minimum absolute atomic E-state index is 0.292. The number of rotatable bonds is 1. The molecule has 0 saturated heterocycles. The van der Waals surface area contributed by atoms with E-state index in [0.717, 1.165) is 12.7 Å². The van der Waals surface area contributed by atoms with Crippen molar-refractivity contribution in [2.24, 2.45) is 0 Å². The van der Waals surface area contributed by atoms with Crippen LogP contribution >= 0.6 is 45.2 Å².